The van der Waals surface area contributed by atoms with Crippen LogP contribution in [0.5, 0.6) is 0 Å². The van der Waals surface area contributed by atoms with E-state index in [2.05, 4.69) is 0 Å². The summed E-state index contributed by atoms with van der Waals surface area (Å²) in [5.41, 5.74) is -0.452. The lowest BCUT2D eigenvalue weighted by atomic mass is 10.1. The molecule has 0 amide bonds. The molecule has 0 radical (unpaired) electrons. The summed E-state index contributed by atoms with van der Waals surface area (Å²) >= 11 is 0. The molecule has 78 valence electrons. The van der Waals surface area contributed by atoms with E-state index >= 15 is 0 Å². The van der Waals surface area contributed by atoms with Gasteiger partial charge in [0, 0.05) is 12.1 Å². The third kappa shape index (κ3) is 2.05. The van der Waals surface area contributed by atoms with E-state index < -0.39 is 17.1 Å². The molecule has 1 aromatic carbocycles. The summed E-state index contributed by atoms with van der Waals surface area (Å²) in [6.07, 6.45) is 0. The molecule has 0 aliphatic heterocycles. The maximum atomic E-state index is 10.7. The normalized spacial score (nSPS) is 15.2. The number of aliphatic hydroxyl groups is 1. The number of aliphatic hydroxyl groups excluding tert-OH is 1. The molecule has 7 nitrogen and oxygen atoms in total. The van der Waals surface area contributed by atoms with E-state index in [-0.39, 0.29) is 16.9 Å². The Kier molecular flexibility index (Phi) is 3.49. The number of hydrogen-bond donors (Lipinski definition) is 5. The van der Waals surface area contributed by atoms with Gasteiger partial charge in [-0.1, -0.05) is 6.07 Å². The van der Waals surface area contributed by atoms with Gasteiger partial charge in [0.2, 0.25) is 0 Å². The number of rotatable bonds is 3. The average molecular weight is 202 g/mol. The van der Waals surface area contributed by atoms with E-state index in [0.717, 1.165) is 0 Å². The lowest BCUT2D eigenvalue weighted by molar-refractivity contribution is -0.996. The number of quaternary nitrogens is 2. The summed E-state index contributed by atoms with van der Waals surface area (Å²) in [6.45, 7) is -0.607. The molecule has 1 aromatic rings. The first kappa shape index (κ1) is 11.0. The van der Waals surface area contributed by atoms with E-state index in [0.29, 0.717) is 0 Å². The molecular weight excluding hydrogens is 192 g/mol. The fourth-order valence-corrected chi connectivity index (χ4v) is 1.16. The van der Waals surface area contributed by atoms with Gasteiger partial charge in [-0.25, -0.2) is 10.4 Å². The van der Waals surface area contributed by atoms with Gasteiger partial charge >= 0.3 is 0 Å². The van der Waals surface area contributed by atoms with Crippen molar-refractivity contribution < 1.29 is 26.0 Å². The minimum absolute atomic E-state index is 0.0764. The van der Waals surface area contributed by atoms with E-state index in [4.69, 9.17) is 15.5 Å². The zero-order valence-electron chi connectivity index (χ0n) is 7.10. The van der Waals surface area contributed by atoms with Gasteiger partial charge < -0.3 is 15.5 Å². The third-order valence-corrected chi connectivity index (χ3v) is 1.79. The quantitative estimate of drug-likeness (QED) is 0.363. The SMILES string of the molecule is [O-][NH+](O)c1cccc([NH+]([O-])O)c1CO. The van der Waals surface area contributed by atoms with Gasteiger partial charge in [-0.2, -0.15) is 10.5 Å². The van der Waals surface area contributed by atoms with Crippen molar-refractivity contribution in [3.63, 3.8) is 0 Å². The van der Waals surface area contributed by atoms with Crippen LogP contribution in [0.1, 0.15) is 5.56 Å². The molecule has 0 aliphatic rings. The predicted octanol–water partition coefficient (Wildman–Crippen LogP) is -2.01. The van der Waals surface area contributed by atoms with E-state index in [1.54, 1.807) is 0 Å². The highest BCUT2D eigenvalue weighted by Gasteiger charge is 2.17. The molecule has 0 heterocycles. The Bertz CT molecular complexity index is 289. The number of nitrogens with one attached hydrogen (secondary N) is 2. The van der Waals surface area contributed by atoms with Crippen molar-refractivity contribution in [1.29, 1.82) is 0 Å². The zero-order valence-corrected chi connectivity index (χ0v) is 7.10. The van der Waals surface area contributed by atoms with Crippen molar-refractivity contribution in [1.82, 2.24) is 0 Å². The first-order valence-electron chi connectivity index (χ1n) is 3.77. The van der Waals surface area contributed by atoms with E-state index in [1.807, 2.05) is 0 Å². The number of benzene rings is 1. The first-order chi connectivity index (χ1) is 6.57. The van der Waals surface area contributed by atoms with Crippen molar-refractivity contribution in [2.24, 2.45) is 0 Å². The van der Waals surface area contributed by atoms with Crippen molar-refractivity contribution in [3.05, 3.63) is 34.2 Å². The van der Waals surface area contributed by atoms with Crippen molar-refractivity contribution in [3.8, 4) is 0 Å². The lowest BCUT2D eigenvalue weighted by Gasteiger charge is -2.19. The van der Waals surface area contributed by atoms with Crippen molar-refractivity contribution in [2.75, 3.05) is 0 Å². The Balaban J connectivity index is 3.25. The van der Waals surface area contributed by atoms with Gasteiger partial charge in [0.25, 0.3) is 0 Å². The monoisotopic (exact) mass is 202 g/mol. The Morgan fingerprint density at radius 3 is 1.79 bits per heavy atom. The molecule has 7 heteroatoms. The van der Waals surface area contributed by atoms with Gasteiger partial charge in [-0.15, -0.1) is 0 Å². The van der Waals surface area contributed by atoms with Crippen molar-refractivity contribution in [2.45, 2.75) is 6.61 Å². The van der Waals surface area contributed by atoms with Crippen LogP contribution in [0.3, 0.4) is 0 Å². The smallest absolute Gasteiger partial charge is 0.175 e. The van der Waals surface area contributed by atoms with Crippen LogP contribution in [-0.4, -0.2) is 15.5 Å². The fraction of sp³-hybridized carbons (Fsp3) is 0.143. The van der Waals surface area contributed by atoms with Gasteiger partial charge in [0.1, 0.15) is 5.56 Å². The van der Waals surface area contributed by atoms with Gasteiger partial charge in [0.15, 0.2) is 11.4 Å². The summed E-state index contributed by atoms with van der Waals surface area (Å²) in [6, 6.07) is 3.83. The molecular formula is C7H10N2O5. The van der Waals surface area contributed by atoms with Crippen molar-refractivity contribution >= 4 is 11.4 Å². The molecule has 0 saturated heterocycles. The highest BCUT2D eigenvalue weighted by molar-refractivity contribution is 5.52. The summed E-state index contributed by atoms with van der Waals surface area (Å²) in [7, 11) is 0. The molecule has 0 saturated carbocycles. The molecule has 1 rings (SSSR count). The standard InChI is InChI=1S/C7H10N2O5/c10-4-5-6(8(11)12)2-1-3-7(5)9(13)14/h1-3,8-11,13H,4H2. The second kappa shape index (κ2) is 4.44. The van der Waals surface area contributed by atoms with Gasteiger partial charge in [0.05, 0.1) is 6.61 Å². The second-order valence-corrected chi connectivity index (χ2v) is 2.60. The van der Waals surface area contributed by atoms with Crippen LogP contribution in [-0.2, 0) is 6.61 Å². The molecule has 2 atom stereocenters. The Morgan fingerprint density at radius 1 is 1.07 bits per heavy atom. The molecule has 0 aromatic heterocycles. The van der Waals surface area contributed by atoms with Gasteiger partial charge in [-0.05, 0) is 0 Å². The maximum Gasteiger partial charge on any atom is 0.175 e. The van der Waals surface area contributed by atoms with E-state index in [9.17, 15) is 10.4 Å². The van der Waals surface area contributed by atoms with Crippen LogP contribution in [0.15, 0.2) is 18.2 Å². The summed E-state index contributed by atoms with van der Waals surface area (Å²) in [4.78, 5) is 0. The number of hydrogen-bond acceptors (Lipinski definition) is 5. The zero-order chi connectivity index (χ0) is 10.7. The Morgan fingerprint density at radius 2 is 1.50 bits per heavy atom. The predicted molar refractivity (Wildman–Crippen MR) is 43.9 cm³/mol. The largest absolute Gasteiger partial charge is 0.595 e. The van der Waals surface area contributed by atoms with Crippen LogP contribution in [0.2, 0.25) is 0 Å². The van der Waals surface area contributed by atoms with Crippen LogP contribution < -0.4 is 10.5 Å². The molecule has 14 heavy (non-hydrogen) atoms. The van der Waals surface area contributed by atoms with E-state index in [1.165, 1.54) is 18.2 Å². The molecule has 5 N–H and O–H groups in total. The summed E-state index contributed by atoms with van der Waals surface area (Å²) in [5, 5.41) is 45.1. The Labute approximate surface area is 79.1 Å². The first-order valence-corrected chi connectivity index (χ1v) is 3.77. The third-order valence-electron chi connectivity index (χ3n) is 1.79. The van der Waals surface area contributed by atoms with Gasteiger partial charge in [-0.3, -0.25) is 0 Å². The Hall–Kier alpha value is -1.06. The molecule has 0 spiro atoms. The highest BCUT2D eigenvalue weighted by Crippen LogP contribution is 2.17. The highest BCUT2D eigenvalue weighted by atomic mass is 16.8. The minimum atomic E-state index is -1.25. The van der Waals surface area contributed by atoms with Crippen LogP contribution >= 0.6 is 0 Å². The van der Waals surface area contributed by atoms with Crippen LogP contribution in [0.4, 0.5) is 11.4 Å². The fourth-order valence-electron chi connectivity index (χ4n) is 1.16. The molecule has 0 bridgehead atoms. The lowest BCUT2D eigenvalue weighted by Crippen LogP contribution is -3.01. The minimum Gasteiger partial charge on any atom is -0.595 e. The van der Waals surface area contributed by atoms with Crippen LogP contribution in [0, 0.1) is 10.4 Å². The topological polar surface area (TPSA) is 116 Å². The summed E-state index contributed by atoms with van der Waals surface area (Å²) in [5.74, 6) is 0. The summed E-state index contributed by atoms with van der Waals surface area (Å²) < 4.78 is 0. The second-order valence-electron chi connectivity index (χ2n) is 2.60. The molecule has 0 fully saturated rings. The van der Waals surface area contributed by atoms with Crippen LogP contribution in [0.25, 0.3) is 0 Å². The molecule has 2 unspecified atom stereocenters. The maximum absolute atomic E-state index is 10.7. The molecule has 0 aliphatic carbocycles. The average Bonchev–Trinajstić information content (AvgIpc) is 2.16.